The first kappa shape index (κ1) is 32.9. The van der Waals surface area contributed by atoms with E-state index in [1.54, 1.807) is 12.1 Å². The molecule has 5 rings (SSSR count). The summed E-state index contributed by atoms with van der Waals surface area (Å²) in [4.78, 5) is 61.6. The number of imide groups is 1. The van der Waals surface area contributed by atoms with Crippen LogP contribution < -0.4 is 14.4 Å². The average Bonchev–Trinajstić information content (AvgIpc) is 3.42. The summed E-state index contributed by atoms with van der Waals surface area (Å²) in [7, 11) is 0. The van der Waals surface area contributed by atoms with Crippen LogP contribution in [-0.4, -0.2) is 49.0 Å². The molecule has 0 bridgehead atoms. The summed E-state index contributed by atoms with van der Waals surface area (Å²) in [5, 5.41) is 0. The summed E-state index contributed by atoms with van der Waals surface area (Å²) >= 11 is 0. The van der Waals surface area contributed by atoms with E-state index in [0.29, 0.717) is 30.0 Å². The zero-order valence-electron chi connectivity index (χ0n) is 25.9. The lowest BCUT2D eigenvalue weighted by molar-refractivity contribution is -0.151. The third-order valence-electron chi connectivity index (χ3n) is 7.71. The number of benzene rings is 3. The standard InChI is InChI=1S/C37H35NO9/c1-25(24-35(41)46-31-6-3-2-4-7-31)36(42)45-23-5-22-44-30-16-12-27(13-17-30)26-8-10-28(11-9-26)37(43)47-32-18-14-29(15-19-32)38-33(39)20-21-34(38)40/h8-21,31H,1-7,22-24H2. The molecule has 3 aromatic carbocycles. The lowest BCUT2D eigenvalue weighted by Gasteiger charge is -2.21. The summed E-state index contributed by atoms with van der Waals surface area (Å²) in [5.74, 6) is -1.53. The third kappa shape index (κ3) is 9.03. The Morgan fingerprint density at radius 1 is 0.745 bits per heavy atom. The fraction of sp³-hybridized carbons (Fsp3) is 0.270. The van der Waals surface area contributed by atoms with Crippen LogP contribution in [0.2, 0.25) is 0 Å². The largest absolute Gasteiger partial charge is 0.493 e. The van der Waals surface area contributed by atoms with Crippen molar-refractivity contribution in [1.29, 1.82) is 0 Å². The van der Waals surface area contributed by atoms with Crippen LogP contribution in [0.5, 0.6) is 11.5 Å². The number of carbonyl (C=O) groups excluding carboxylic acids is 5. The van der Waals surface area contributed by atoms with Gasteiger partial charge in [0.2, 0.25) is 0 Å². The number of ether oxygens (including phenoxy) is 4. The topological polar surface area (TPSA) is 126 Å². The zero-order valence-corrected chi connectivity index (χ0v) is 25.9. The Balaban J connectivity index is 1.01. The molecule has 242 valence electrons. The van der Waals surface area contributed by atoms with E-state index in [-0.39, 0.29) is 30.5 Å². The normalized spacial score (nSPS) is 14.5. The Morgan fingerprint density at radius 2 is 1.34 bits per heavy atom. The predicted octanol–water partition coefficient (Wildman–Crippen LogP) is 6.14. The minimum Gasteiger partial charge on any atom is -0.493 e. The Bertz CT molecular complexity index is 1630. The Kier molecular flexibility index (Phi) is 11.0. The van der Waals surface area contributed by atoms with E-state index in [9.17, 15) is 24.0 Å². The van der Waals surface area contributed by atoms with Gasteiger partial charge < -0.3 is 18.9 Å². The fourth-order valence-corrected chi connectivity index (χ4v) is 5.20. The highest BCUT2D eigenvalue weighted by atomic mass is 16.5. The van der Waals surface area contributed by atoms with E-state index >= 15 is 0 Å². The number of anilines is 1. The molecular weight excluding hydrogens is 602 g/mol. The average molecular weight is 638 g/mol. The molecule has 2 aliphatic rings. The number of nitrogens with zero attached hydrogens (tertiary/aromatic N) is 1. The van der Waals surface area contributed by atoms with E-state index in [1.165, 1.54) is 36.4 Å². The van der Waals surface area contributed by atoms with Gasteiger partial charge in [-0.3, -0.25) is 14.4 Å². The molecule has 1 fully saturated rings. The maximum Gasteiger partial charge on any atom is 0.343 e. The maximum absolute atomic E-state index is 12.7. The van der Waals surface area contributed by atoms with E-state index in [4.69, 9.17) is 18.9 Å². The van der Waals surface area contributed by atoms with Crippen LogP contribution in [0.4, 0.5) is 5.69 Å². The lowest BCUT2D eigenvalue weighted by atomic mass is 9.98. The monoisotopic (exact) mass is 637 g/mol. The van der Waals surface area contributed by atoms with Crippen molar-refractivity contribution in [2.45, 2.75) is 51.0 Å². The second-order valence-electron chi connectivity index (χ2n) is 11.2. The second kappa shape index (κ2) is 15.7. The van der Waals surface area contributed by atoms with Gasteiger partial charge in [0.25, 0.3) is 11.8 Å². The van der Waals surface area contributed by atoms with Crippen LogP contribution in [0, 0.1) is 0 Å². The van der Waals surface area contributed by atoms with Gasteiger partial charge in [0.05, 0.1) is 30.9 Å². The highest BCUT2D eigenvalue weighted by molar-refractivity contribution is 6.28. The molecule has 10 nitrogen and oxygen atoms in total. The van der Waals surface area contributed by atoms with Crippen LogP contribution in [0.1, 0.15) is 55.3 Å². The number of amides is 2. The van der Waals surface area contributed by atoms with Crippen molar-refractivity contribution in [1.82, 2.24) is 0 Å². The minimum atomic E-state index is -0.615. The molecule has 0 aromatic heterocycles. The Hall–Kier alpha value is -5.51. The molecule has 3 aromatic rings. The van der Waals surface area contributed by atoms with E-state index < -0.39 is 29.7 Å². The van der Waals surface area contributed by atoms with Crippen LogP contribution in [-0.2, 0) is 28.7 Å². The van der Waals surface area contributed by atoms with Crippen molar-refractivity contribution >= 4 is 35.4 Å². The molecule has 0 unspecified atom stereocenters. The molecule has 0 spiro atoms. The molecule has 1 aliphatic heterocycles. The van der Waals surface area contributed by atoms with Gasteiger partial charge in [-0.1, -0.05) is 37.3 Å². The number of hydrogen-bond donors (Lipinski definition) is 0. The van der Waals surface area contributed by atoms with Gasteiger partial charge in [-0.05, 0) is 85.3 Å². The molecule has 0 N–H and O–H groups in total. The molecule has 47 heavy (non-hydrogen) atoms. The minimum absolute atomic E-state index is 0.0659. The van der Waals surface area contributed by atoms with Crippen LogP contribution in [0.25, 0.3) is 11.1 Å². The Morgan fingerprint density at radius 3 is 1.98 bits per heavy atom. The molecule has 0 saturated heterocycles. The summed E-state index contributed by atoms with van der Waals surface area (Å²) in [6.07, 6.45) is 7.62. The van der Waals surface area contributed by atoms with Crippen LogP contribution >= 0.6 is 0 Å². The first-order valence-electron chi connectivity index (χ1n) is 15.5. The molecular formula is C37H35NO9. The summed E-state index contributed by atoms with van der Waals surface area (Å²) in [6, 6.07) is 20.5. The zero-order chi connectivity index (χ0) is 33.2. The number of esters is 3. The smallest absolute Gasteiger partial charge is 0.343 e. The van der Waals surface area contributed by atoms with Crippen molar-refractivity contribution in [2.24, 2.45) is 0 Å². The molecule has 2 amide bonds. The molecule has 0 atom stereocenters. The van der Waals surface area contributed by atoms with Crippen molar-refractivity contribution in [3.63, 3.8) is 0 Å². The maximum atomic E-state index is 12.7. The lowest BCUT2D eigenvalue weighted by Crippen LogP contribution is -2.29. The highest BCUT2D eigenvalue weighted by Crippen LogP contribution is 2.26. The quantitative estimate of drug-likeness (QED) is 0.0715. The SMILES string of the molecule is C=C(CC(=O)OC1CCCCC1)C(=O)OCCCOc1ccc(-c2ccc(C(=O)Oc3ccc(N4C(=O)C=CC4=O)cc3)cc2)cc1. The van der Waals surface area contributed by atoms with E-state index in [2.05, 4.69) is 6.58 Å². The van der Waals surface area contributed by atoms with Gasteiger partial charge in [0.1, 0.15) is 17.6 Å². The number of carbonyl (C=O) groups is 5. The number of rotatable bonds is 13. The summed E-state index contributed by atoms with van der Waals surface area (Å²) < 4.78 is 21.8. The van der Waals surface area contributed by atoms with Crippen LogP contribution in [0.15, 0.2) is 97.1 Å². The molecule has 1 aliphatic carbocycles. The van der Waals surface area contributed by atoms with Gasteiger partial charge in [-0.25, -0.2) is 14.5 Å². The first-order valence-corrected chi connectivity index (χ1v) is 15.5. The van der Waals surface area contributed by atoms with Gasteiger partial charge >= 0.3 is 17.9 Å². The van der Waals surface area contributed by atoms with Crippen molar-refractivity contribution < 1.29 is 42.9 Å². The predicted molar refractivity (Wildman–Crippen MR) is 173 cm³/mol. The molecule has 10 heteroatoms. The van der Waals surface area contributed by atoms with Crippen molar-refractivity contribution in [3.05, 3.63) is 103 Å². The second-order valence-corrected chi connectivity index (χ2v) is 11.2. The summed E-state index contributed by atoms with van der Waals surface area (Å²) in [6.45, 7) is 4.12. The third-order valence-corrected chi connectivity index (χ3v) is 7.71. The molecule has 1 heterocycles. The van der Waals surface area contributed by atoms with Gasteiger partial charge in [-0.15, -0.1) is 0 Å². The van der Waals surface area contributed by atoms with Crippen molar-refractivity contribution in [3.8, 4) is 22.6 Å². The van der Waals surface area contributed by atoms with Crippen LogP contribution in [0.3, 0.4) is 0 Å². The van der Waals surface area contributed by atoms with E-state index in [0.717, 1.165) is 48.1 Å². The first-order chi connectivity index (χ1) is 22.8. The van der Waals surface area contributed by atoms with Gasteiger partial charge in [0, 0.05) is 24.1 Å². The molecule has 0 radical (unpaired) electrons. The van der Waals surface area contributed by atoms with Crippen molar-refractivity contribution in [2.75, 3.05) is 18.1 Å². The van der Waals surface area contributed by atoms with E-state index in [1.807, 2.05) is 36.4 Å². The number of hydrogen-bond acceptors (Lipinski definition) is 9. The fourth-order valence-electron chi connectivity index (χ4n) is 5.20. The van der Waals surface area contributed by atoms with Gasteiger partial charge in [-0.2, -0.15) is 0 Å². The highest BCUT2D eigenvalue weighted by Gasteiger charge is 2.25. The molecule has 1 saturated carbocycles. The van der Waals surface area contributed by atoms with Gasteiger partial charge in [0.15, 0.2) is 0 Å². The summed E-state index contributed by atoms with van der Waals surface area (Å²) in [5.41, 5.74) is 2.63. The Labute approximate surface area is 272 Å².